The van der Waals surface area contributed by atoms with Crippen LogP contribution in [0, 0.1) is 0 Å². The highest BCUT2D eigenvalue weighted by Gasteiger charge is 2.48. The van der Waals surface area contributed by atoms with Crippen molar-refractivity contribution in [1.82, 2.24) is 19.9 Å². The fourth-order valence-corrected chi connectivity index (χ4v) is 7.53. The lowest BCUT2D eigenvalue weighted by Gasteiger charge is -2.34. The third-order valence-corrected chi connectivity index (χ3v) is 9.73. The van der Waals surface area contributed by atoms with Gasteiger partial charge in [0.2, 0.25) is 0 Å². The van der Waals surface area contributed by atoms with Crippen molar-refractivity contribution in [3.63, 3.8) is 0 Å². The molecule has 0 atom stereocenters. The van der Waals surface area contributed by atoms with Gasteiger partial charge in [-0.05, 0) is 64.2 Å². The maximum absolute atomic E-state index is 6.83. The Labute approximate surface area is 294 Å². The Balaban J connectivity index is 1.10. The number of rotatable bonds is 5. The molecule has 0 spiro atoms. The first-order chi connectivity index (χ1) is 25.3. The first-order valence-corrected chi connectivity index (χ1v) is 16.9. The Hall–Kier alpha value is -6.92. The van der Waals surface area contributed by atoms with E-state index in [0.717, 1.165) is 27.8 Å². The Morgan fingerprint density at radius 2 is 1.06 bits per heavy atom. The van der Waals surface area contributed by atoms with E-state index in [4.69, 9.17) is 24.4 Å². The van der Waals surface area contributed by atoms with E-state index in [1.54, 1.807) is 6.20 Å². The number of hydrogen-bond donors (Lipinski definition) is 0. The molecule has 2 aliphatic rings. The Bertz CT molecular complexity index is 2480. The maximum Gasteiger partial charge on any atom is 0.182 e. The predicted octanol–water partition coefficient (Wildman–Crippen LogP) is 10.5. The van der Waals surface area contributed by atoms with Crippen LogP contribution in [-0.2, 0) is 5.41 Å². The number of benzene rings is 6. The van der Waals surface area contributed by atoms with Gasteiger partial charge in [-0.15, -0.1) is 0 Å². The summed E-state index contributed by atoms with van der Waals surface area (Å²) in [6.07, 6.45) is 1.74. The molecule has 10 rings (SSSR count). The van der Waals surface area contributed by atoms with Crippen LogP contribution in [0.15, 0.2) is 170 Å². The second-order valence-corrected chi connectivity index (χ2v) is 12.6. The normalized spacial score (nSPS) is 13.2. The number of pyridine rings is 1. The lowest BCUT2D eigenvalue weighted by atomic mass is 9.68. The zero-order valence-corrected chi connectivity index (χ0v) is 27.3. The van der Waals surface area contributed by atoms with Crippen LogP contribution in [0.1, 0.15) is 22.3 Å². The van der Waals surface area contributed by atoms with Gasteiger partial charge in [-0.25, -0.2) is 15.0 Å². The van der Waals surface area contributed by atoms with Crippen LogP contribution in [0.5, 0.6) is 23.0 Å². The molecule has 240 valence electrons. The summed E-state index contributed by atoms with van der Waals surface area (Å²) in [4.78, 5) is 19.0. The molecule has 0 bridgehead atoms. The van der Waals surface area contributed by atoms with E-state index in [1.807, 2.05) is 72.8 Å². The van der Waals surface area contributed by atoms with Crippen molar-refractivity contribution in [3.8, 4) is 68.4 Å². The first kappa shape index (κ1) is 29.0. The average Bonchev–Trinajstić information content (AvgIpc) is 3.52. The van der Waals surface area contributed by atoms with Crippen LogP contribution in [0.2, 0.25) is 0 Å². The highest BCUT2D eigenvalue weighted by molar-refractivity contribution is 5.92. The standard InChI is InChI=1S/C45H28N4O2/c1-4-14-29(15-5-1)42-47-43(49-44(48-42)36-22-12-13-27-46-36)30-23-25-37-39(28-30)50-38-26-24-35-40(41(38)51-37)33-20-10-11-21-34(33)45(35,31-16-6-2-7-17-31)32-18-8-3-9-19-32/h1-28H. The monoisotopic (exact) mass is 656 g/mol. The molecule has 0 fully saturated rings. The largest absolute Gasteiger partial charge is 0.449 e. The molecule has 2 aromatic heterocycles. The van der Waals surface area contributed by atoms with Gasteiger partial charge in [0.15, 0.2) is 40.5 Å². The van der Waals surface area contributed by atoms with E-state index in [1.165, 1.54) is 16.7 Å². The van der Waals surface area contributed by atoms with Crippen LogP contribution < -0.4 is 9.47 Å². The van der Waals surface area contributed by atoms with Crippen LogP contribution in [-0.4, -0.2) is 19.9 Å². The molecular formula is C45H28N4O2. The van der Waals surface area contributed by atoms with Crippen molar-refractivity contribution in [2.45, 2.75) is 5.41 Å². The van der Waals surface area contributed by atoms with Gasteiger partial charge in [0, 0.05) is 22.9 Å². The van der Waals surface area contributed by atoms with Crippen molar-refractivity contribution in [3.05, 3.63) is 192 Å². The molecule has 0 saturated carbocycles. The Morgan fingerprint density at radius 1 is 0.431 bits per heavy atom. The maximum atomic E-state index is 6.83. The minimum atomic E-state index is -0.530. The zero-order valence-electron chi connectivity index (χ0n) is 27.3. The smallest absolute Gasteiger partial charge is 0.182 e. The van der Waals surface area contributed by atoms with Crippen molar-refractivity contribution < 1.29 is 9.47 Å². The van der Waals surface area contributed by atoms with Crippen molar-refractivity contribution in [2.24, 2.45) is 0 Å². The van der Waals surface area contributed by atoms with E-state index < -0.39 is 5.41 Å². The molecule has 6 nitrogen and oxygen atoms in total. The van der Waals surface area contributed by atoms with Gasteiger partial charge < -0.3 is 9.47 Å². The fourth-order valence-electron chi connectivity index (χ4n) is 7.53. The van der Waals surface area contributed by atoms with Crippen LogP contribution in [0.4, 0.5) is 0 Å². The van der Waals surface area contributed by atoms with Crippen LogP contribution >= 0.6 is 0 Å². The molecule has 0 unspecified atom stereocenters. The molecule has 0 N–H and O–H groups in total. The van der Waals surface area contributed by atoms with Crippen LogP contribution in [0.3, 0.4) is 0 Å². The Morgan fingerprint density at radius 3 is 1.78 bits per heavy atom. The van der Waals surface area contributed by atoms with Gasteiger partial charge in [0.1, 0.15) is 5.69 Å². The van der Waals surface area contributed by atoms with E-state index in [2.05, 4.69) is 96.0 Å². The quantitative estimate of drug-likeness (QED) is 0.184. The van der Waals surface area contributed by atoms with Crippen LogP contribution in [0.25, 0.3) is 45.4 Å². The van der Waals surface area contributed by atoms with Gasteiger partial charge in [0.05, 0.1) is 5.41 Å². The molecule has 51 heavy (non-hydrogen) atoms. The molecule has 0 amide bonds. The van der Waals surface area contributed by atoms with Gasteiger partial charge in [0.25, 0.3) is 0 Å². The van der Waals surface area contributed by atoms with Gasteiger partial charge in [-0.1, -0.05) is 127 Å². The van der Waals surface area contributed by atoms with E-state index in [9.17, 15) is 0 Å². The highest BCUT2D eigenvalue weighted by Crippen LogP contribution is 2.62. The van der Waals surface area contributed by atoms with Crippen molar-refractivity contribution in [2.75, 3.05) is 0 Å². The summed E-state index contributed by atoms with van der Waals surface area (Å²) in [5.41, 5.74) is 8.72. The minimum absolute atomic E-state index is 0.495. The van der Waals surface area contributed by atoms with Crippen molar-refractivity contribution in [1.29, 1.82) is 0 Å². The number of hydrogen-bond acceptors (Lipinski definition) is 6. The summed E-state index contributed by atoms with van der Waals surface area (Å²) >= 11 is 0. The summed E-state index contributed by atoms with van der Waals surface area (Å²) in [5, 5.41) is 0. The number of aromatic nitrogens is 4. The highest BCUT2D eigenvalue weighted by atomic mass is 16.6. The van der Waals surface area contributed by atoms with E-state index in [-0.39, 0.29) is 0 Å². The molecule has 1 aliphatic carbocycles. The van der Waals surface area contributed by atoms with Gasteiger partial charge in [-0.2, -0.15) is 0 Å². The van der Waals surface area contributed by atoms with Crippen molar-refractivity contribution >= 4 is 0 Å². The number of fused-ring (bicyclic) bond motifs is 6. The molecule has 3 heterocycles. The molecule has 0 saturated heterocycles. The van der Waals surface area contributed by atoms with Gasteiger partial charge in [-0.3, -0.25) is 4.98 Å². The Kier molecular flexibility index (Phi) is 6.61. The molecule has 1 aliphatic heterocycles. The first-order valence-electron chi connectivity index (χ1n) is 16.9. The summed E-state index contributed by atoms with van der Waals surface area (Å²) in [6.45, 7) is 0. The topological polar surface area (TPSA) is 70.0 Å². The van der Waals surface area contributed by atoms with Gasteiger partial charge >= 0.3 is 0 Å². The predicted molar refractivity (Wildman–Crippen MR) is 198 cm³/mol. The molecular weight excluding hydrogens is 629 g/mol. The number of ether oxygens (including phenoxy) is 2. The molecule has 8 aromatic rings. The third kappa shape index (κ3) is 4.57. The fraction of sp³-hybridized carbons (Fsp3) is 0.0222. The van der Waals surface area contributed by atoms with E-state index in [0.29, 0.717) is 46.2 Å². The van der Waals surface area contributed by atoms with E-state index >= 15 is 0 Å². The lowest BCUT2D eigenvalue weighted by molar-refractivity contribution is 0.360. The minimum Gasteiger partial charge on any atom is -0.449 e. The SMILES string of the molecule is c1ccc(-c2nc(-c3ccc4c(c3)Oc3ccc5c(c3O4)-c3ccccc3C5(c3ccccc3)c3ccccc3)nc(-c3ccccn3)n2)cc1. The summed E-state index contributed by atoms with van der Waals surface area (Å²) < 4.78 is 13.5. The lowest BCUT2D eigenvalue weighted by Crippen LogP contribution is -2.28. The average molecular weight is 657 g/mol. The molecule has 6 aromatic carbocycles. The summed E-state index contributed by atoms with van der Waals surface area (Å²) in [7, 11) is 0. The zero-order chi connectivity index (χ0) is 33.8. The number of nitrogens with zero attached hydrogens (tertiary/aromatic N) is 4. The summed E-state index contributed by atoms with van der Waals surface area (Å²) in [6, 6.07) is 55.8. The summed E-state index contributed by atoms with van der Waals surface area (Å²) in [5.74, 6) is 4.14. The molecule has 6 heteroatoms. The third-order valence-electron chi connectivity index (χ3n) is 9.73. The second-order valence-electron chi connectivity index (χ2n) is 12.6. The molecule has 0 radical (unpaired) electrons. The second kappa shape index (κ2) is 11.6.